The lowest BCUT2D eigenvalue weighted by Gasteiger charge is -2.34. The zero-order chi connectivity index (χ0) is 11.3. The van der Waals surface area contributed by atoms with Crippen molar-refractivity contribution < 1.29 is 4.79 Å². The zero-order valence-corrected chi connectivity index (χ0v) is 9.63. The summed E-state index contributed by atoms with van der Waals surface area (Å²) in [5, 5.41) is 4.16. The first kappa shape index (κ1) is 10.5. The Morgan fingerprint density at radius 3 is 2.60 bits per heavy atom. The summed E-state index contributed by atoms with van der Waals surface area (Å²) in [4.78, 5) is 10.6. The lowest BCUT2D eigenvalue weighted by molar-refractivity contribution is 0.193. The van der Waals surface area contributed by atoms with Gasteiger partial charge in [0, 0.05) is 11.1 Å². The maximum Gasteiger partial charge on any atom is 0.332 e. The Morgan fingerprint density at radius 1 is 1.53 bits per heavy atom. The minimum Gasteiger partial charge on any atom is -0.350 e. The van der Waals surface area contributed by atoms with Crippen LogP contribution in [-0.2, 0) is 0 Å². The standard InChI is InChI=1S/C11H19N3O/c1-10(2)7-4-5-11(10,3)8(6-7)13-14-9(12)15/h7H,4-6H2,1-3H3,(H3,12,14,15)/b13-8-/t7-,11+/m1/s1. The topological polar surface area (TPSA) is 67.5 Å². The SMILES string of the molecule is CC1(C)[C@@H]2CC[C@@]1(C)/C(=N\NC(N)=O)C2. The van der Waals surface area contributed by atoms with Gasteiger partial charge in [0.05, 0.1) is 0 Å². The molecule has 2 bridgehead atoms. The fourth-order valence-corrected chi connectivity index (χ4v) is 3.22. The quantitative estimate of drug-likeness (QED) is 0.636. The van der Waals surface area contributed by atoms with Gasteiger partial charge >= 0.3 is 6.03 Å². The summed E-state index contributed by atoms with van der Waals surface area (Å²) >= 11 is 0. The molecule has 3 N–H and O–H groups in total. The number of hydrazone groups is 1. The number of hydrogen-bond acceptors (Lipinski definition) is 2. The molecule has 15 heavy (non-hydrogen) atoms. The van der Waals surface area contributed by atoms with Crippen LogP contribution in [0, 0.1) is 16.7 Å². The van der Waals surface area contributed by atoms with E-state index in [9.17, 15) is 4.79 Å². The molecule has 4 heteroatoms. The number of nitrogens with zero attached hydrogens (tertiary/aromatic N) is 1. The summed E-state index contributed by atoms with van der Waals surface area (Å²) in [6.45, 7) is 6.86. The van der Waals surface area contributed by atoms with Gasteiger partial charge in [-0.1, -0.05) is 20.8 Å². The molecule has 2 saturated carbocycles. The van der Waals surface area contributed by atoms with E-state index in [1.54, 1.807) is 0 Å². The highest BCUT2D eigenvalue weighted by Crippen LogP contribution is 2.63. The number of nitrogens with two attached hydrogens (primary N) is 1. The van der Waals surface area contributed by atoms with Crippen LogP contribution in [0.1, 0.15) is 40.0 Å². The molecule has 2 rings (SSSR count). The van der Waals surface area contributed by atoms with Gasteiger partial charge in [-0.2, -0.15) is 5.10 Å². The van der Waals surface area contributed by atoms with Crippen molar-refractivity contribution in [1.29, 1.82) is 0 Å². The Labute approximate surface area is 90.3 Å². The van der Waals surface area contributed by atoms with Crippen molar-refractivity contribution in [3.8, 4) is 0 Å². The predicted octanol–water partition coefficient (Wildman–Crippen LogP) is 1.86. The van der Waals surface area contributed by atoms with Crippen molar-refractivity contribution in [3.05, 3.63) is 0 Å². The Kier molecular flexibility index (Phi) is 2.07. The minimum atomic E-state index is -0.577. The lowest BCUT2D eigenvalue weighted by Crippen LogP contribution is -2.35. The van der Waals surface area contributed by atoms with Crippen LogP contribution in [0.15, 0.2) is 5.10 Å². The summed E-state index contributed by atoms with van der Waals surface area (Å²) in [6, 6.07) is -0.577. The molecule has 2 amide bonds. The van der Waals surface area contributed by atoms with Crippen LogP contribution >= 0.6 is 0 Å². The second kappa shape index (κ2) is 2.97. The number of primary amides is 1. The molecule has 0 radical (unpaired) electrons. The molecule has 2 aliphatic rings. The molecule has 84 valence electrons. The second-order valence-electron chi connectivity index (χ2n) is 5.53. The highest BCUT2D eigenvalue weighted by molar-refractivity contribution is 5.94. The summed E-state index contributed by atoms with van der Waals surface area (Å²) in [5.74, 6) is 0.705. The van der Waals surface area contributed by atoms with Crippen LogP contribution in [0.25, 0.3) is 0 Å². The summed E-state index contributed by atoms with van der Waals surface area (Å²) in [6.07, 6.45) is 3.45. The number of hydrogen-bond donors (Lipinski definition) is 2. The molecule has 0 aromatic heterocycles. The van der Waals surface area contributed by atoms with Crippen LogP contribution in [0.4, 0.5) is 4.79 Å². The van der Waals surface area contributed by atoms with E-state index in [-0.39, 0.29) is 5.41 Å². The van der Waals surface area contributed by atoms with Gasteiger partial charge in [0.2, 0.25) is 0 Å². The molecular weight excluding hydrogens is 190 g/mol. The molecule has 2 aliphatic carbocycles. The second-order valence-corrected chi connectivity index (χ2v) is 5.53. The molecule has 0 aromatic rings. The molecule has 0 aliphatic heterocycles. The fourth-order valence-electron chi connectivity index (χ4n) is 3.22. The third-order valence-electron chi connectivity index (χ3n) is 4.81. The van der Waals surface area contributed by atoms with Crippen LogP contribution in [0.3, 0.4) is 0 Å². The molecule has 0 unspecified atom stereocenters. The lowest BCUT2D eigenvalue weighted by atomic mass is 9.70. The number of fused-ring (bicyclic) bond motifs is 2. The van der Waals surface area contributed by atoms with E-state index < -0.39 is 6.03 Å². The summed E-state index contributed by atoms with van der Waals surface area (Å²) < 4.78 is 0. The van der Waals surface area contributed by atoms with Gasteiger partial charge in [0.25, 0.3) is 0 Å². The smallest absolute Gasteiger partial charge is 0.332 e. The van der Waals surface area contributed by atoms with Gasteiger partial charge in [-0.25, -0.2) is 10.2 Å². The van der Waals surface area contributed by atoms with E-state index >= 15 is 0 Å². The highest BCUT2D eigenvalue weighted by atomic mass is 16.2. The average Bonchev–Trinajstić information content (AvgIpc) is 2.46. The van der Waals surface area contributed by atoms with Gasteiger partial charge < -0.3 is 5.73 Å². The first-order valence-electron chi connectivity index (χ1n) is 5.50. The number of carbonyl (C=O) groups excluding carboxylic acids is 1. The molecule has 0 saturated heterocycles. The zero-order valence-electron chi connectivity index (χ0n) is 9.63. The van der Waals surface area contributed by atoms with E-state index in [0.29, 0.717) is 11.3 Å². The molecule has 0 spiro atoms. The van der Waals surface area contributed by atoms with Gasteiger partial charge in [-0.05, 0) is 30.6 Å². The third kappa shape index (κ3) is 1.27. The molecule has 0 heterocycles. The van der Waals surface area contributed by atoms with E-state index in [2.05, 4.69) is 31.3 Å². The monoisotopic (exact) mass is 209 g/mol. The number of urea groups is 1. The van der Waals surface area contributed by atoms with Crippen molar-refractivity contribution >= 4 is 11.7 Å². The van der Waals surface area contributed by atoms with E-state index in [1.807, 2.05) is 0 Å². The van der Waals surface area contributed by atoms with Gasteiger partial charge in [-0.15, -0.1) is 0 Å². The number of rotatable bonds is 1. The Morgan fingerprint density at radius 2 is 2.20 bits per heavy atom. The molecule has 4 nitrogen and oxygen atoms in total. The normalized spacial score (nSPS) is 39.7. The number of nitrogens with one attached hydrogen (secondary N) is 1. The summed E-state index contributed by atoms with van der Waals surface area (Å²) in [5.41, 5.74) is 8.93. The third-order valence-corrected chi connectivity index (χ3v) is 4.81. The predicted molar refractivity (Wildman–Crippen MR) is 59.4 cm³/mol. The maximum absolute atomic E-state index is 10.6. The number of carbonyl (C=O) groups is 1. The molecule has 2 atom stereocenters. The Bertz CT molecular complexity index is 335. The van der Waals surface area contributed by atoms with Gasteiger partial charge in [0.15, 0.2) is 0 Å². The van der Waals surface area contributed by atoms with Crippen LogP contribution in [-0.4, -0.2) is 11.7 Å². The highest BCUT2D eigenvalue weighted by Gasteiger charge is 2.59. The average molecular weight is 209 g/mol. The summed E-state index contributed by atoms with van der Waals surface area (Å²) in [7, 11) is 0. The number of amides is 2. The van der Waals surface area contributed by atoms with Crippen LogP contribution in [0.5, 0.6) is 0 Å². The van der Waals surface area contributed by atoms with E-state index in [1.165, 1.54) is 12.8 Å². The van der Waals surface area contributed by atoms with Crippen LogP contribution in [0.2, 0.25) is 0 Å². The van der Waals surface area contributed by atoms with Crippen LogP contribution < -0.4 is 11.2 Å². The van der Waals surface area contributed by atoms with Crippen molar-refractivity contribution in [2.75, 3.05) is 0 Å². The van der Waals surface area contributed by atoms with Gasteiger partial charge in [0.1, 0.15) is 0 Å². The molecular formula is C11H19N3O. The van der Waals surface area contributed by atoms with Crippen molar-refractivity contribution in [1.82, 2.24) is 5.43 Å². The Balaban J connectivity index is 2.26. The fraction of sp³-hybridized carbons (Fsp3) is 0.818. The van der Waals surface area contributed by atoms with Crippen molar-refractivity contribution in [2.45, 2.75) is 40.0 Å². The first-order chi connectivity index (χ1) is 6.88. The molecule has 2 fully saturated rings. The van der Waals surface area contributed by atoms with Crippen molar-refractivity contribution in [2.24, 2.45) is 27.6 Å². The van der Waals surface area contributed by atoms with Crippen molar-refractivity contribution in [3.63, 3.8) is 0 Å². The largest absolute Gasteiger partial charge is 0.350 e. The maximum atomic E-state index is 10.6. The van der Waals surface area contributed by atoms with Gasteiger partial charge in [-0.3, -0.25) is 0 Å². The Hall–Kier alpha value is -1.06. The van der Waals surface area contributed by atoms with E-state index in [0.717, 1.165) is 12.1 Å². The van der Waals surface area contributed by atoms with E-state index in [4.69, 9.17) is 5.73 Å². The first-order valence-corrected chi connectivity index (χ1v) is 5.50. The molecule has 0 aromatic carbocycles. The minimum absolute atomic E-state index is 0.139.